The van der Waals surface area contributed by atoms with Crippen LogP contribution >= 0.6 is 0 Å². The fourth-order valence-electron chi connectivity index (χ4n) is 5.90. The van der Waals surface area contributed by atoms with Crippen LogP contribution < -0.4 is 20.3 Å². The number of nitrogens with zero attached hydrogens (tertiary/aromatic N) is 3. The second-order valence-electron chi connectivity index (χ2n) is 12.9. The number of carbonyl (C=O) groups excluding carboxylic acids is 4. The van der Waals surface area contributed by atoms with Crippen molar-refractivity contribution in [3.05, 3.63) is 59.4 Å². The summed E-state index contributed by atoms with van der Waals surface area (Å²) < 4.78 is 91.5. The number of urea groups is 1. The number of benzene rings is 2. The molecule has 3 aliphatic rings. The van der Waals surface area contributed by atoms with E-state index in [0.29, 0.717) is 42.2 Å². The Labute approximate surface area is 292 Å². The van der Waals surface area contributed by atoms with Gasteiger partial charge in [0.05, 0.1) is 17.7 Å². The lowest BCUT2D eigenvalue weighted by Crippen LogP contribution is -2.60. The molecule has 12 nitrogen and oxygen atoms in total. The number of likely N-dealkylation sites (N-methyl/N-ethyl adjacent to an activating group) is 1. The Morgan fingerprint density at radius 1 is 1.00 bits per heavy atom. The van der Waals surface area contributed by atoms with Crippen LogP contribution in [0.5, 0.6) is 5.75 Å². The fourth-order valence-corrected chi connectivity index (χ4v) is 5.90. The normalized spacial score (nSPS) is 18.2. The number of amides is 5. The fraction of sp³-hybridized carbons (Fsp3) is 0.485. The predicted molar refractivity (Wildman–Crippen MR) is 169 cm³/mol. The first-order valence-electron chi connectivity index (χ1n) is 16.0. The Hall–Kier alpha value is -4.94. The lowest BCUT2D eigenvalue weighted by molar-refractivity contribution is -0.192. The van der Waals surface area contributed by atoms with Crippen LogP contribution in [0, 0.1) is 17.7 Å². The molecule has 5 amide bonds. The summed E-state index contributed by atoms with van der Waals surface area (Å²) >= 11 is 0. The van der Waals surface area contributed by atoms with E-state index in [-0.39, 0.29) is 25.9 Å². The predicted octanol–water partition coefficient (Wildman–Crippen LogP) is 4.29. The van der Waals surface area contributed by atoms with Crippen LogP contribution in [0.3, 0.4) is 0 Å². The molecule has 284 valence electrons. The van der Waals surface area contributed by atoms with E-state index < -0.39 is 76.5 Å². The van der Waals surface area contributed by atoms with Crippen molar-refractivity contribution < 1.29 is 64.5 Å². The van der Waals surface area contributed by atoms with E-state index in [1.54, 1.807) is 38.1 Å². The highest BCUT2D eigenvalue weighted by Gasteiger charge is 2.58. The Kier molecular flexibility index (Phi) is 11.8. The molecule has 3 fully saturated rings. The first kappa shape index (κ1) is 39.8. The molecular weight excluding hydrogens is 711 g/mol. The number of piperidine rings is 1. The van der Waals surface area contributed by atoms with E-state index in [4.69, 9.17) is 14.6 Å². The summed E-state index contributed by atoms with van der Waals surface area (Å²) in [6, 6.07) is 6.75. The van der Waals surface area contributed by atoms with Gasteiger partial charge in [0.2, 0.25) is 5.91 Å². The molecule has 19 heteroatoms. The minimum absolute atomic E-state index is 0.0653. The first-order valence-corrected chi connectivity index (χ1v) is 16.0. The van der Waals surface area contributed by atoms with Crippen LogP contribution in [-0.4, -0.2) is 102 Å². The van der Waals surface area contributed by atoms with Crippen molar-refractivity contribution in [3.63, 3.8) is 0 Å². The molecule has 3 aliphatic heterocycles. The number of aliphatic carboxylic acids is 1. The van der Waals surface area contributed by atoms with Crippen LogP contribution in [0.25, 0.3) is 0 Å². The summed E-state index contributed by atoms with van der Waals surface area (Å²) in [5, 5.41) is 12.7. The van der Waals surface area contributed by atoms with Gasteiger partial charge in [0.15, 0.2) is 0 Å². The zero-order chi connectivity index (χ0) is 38.8. The van der Waals surface area contributed by atoms with E-state index >= 15 is 0 Å². The van der Waals surface area contributed by atoms with E-state index in [1.165, 1.54) is 16.8 Å². The quantitative estimate of drug-likeness (QED) is 0.268. The highest BCUT2D eigenvalue weighted by Crippen LogP contribution is 2.41. The molecule has 0 radical (unpaired) electrons. The first-order chi connectivity index (χ1) is 24.2. The highest BCUT2D eigenvalue weighted by molar-refractivity contribution is 6.16. The number of alkyl halides is 6. The number of hydrogen-bond acceptors (Lipinski definition) is 7. The second-order valence-corrected chi connectivity index (χ2v) is 12.9. The number of carboxylic acid groups (broad SMARTS) is 1. The van der Waals surface area contributed by atoms with Crippen molar-refractivity contribution in [3.8, 4) is 5.75 Å². The molecule has 0 aliphatic carbocycles. The Bertz CT molecular complexity index is 1670. The number of halogens is 7. The maximum Gasteiger partial charge on any atom is 0.490 e. The Morgan fingerprint density at radius 3 is 2.06 bits per heavy atom. The molecule has 1 atom stereocenters. The molecule has 1 spiro atoms. The zero-order valence-electron chi connectivity index (χ0n) is 28.1. The lowest BCUT2D eigenvalue weighted by atomic mass is 9.85. The van der Waals surface area contributed by atoms with Crippen molar-refractivity contribution in [1.29, 1.82) is 0 Å². The maximum atomic E-state index is 14.4. The molecule has 0 bridgehead atoms. The average Bonchev–Trinajstić information content (AvgIpc) is 3.22. The number of carbonyl (C=O) groups is 5. The van der Waals surface area contributed by atoms with Crippen molar-refractivity contribution in [2.45, 2.75) is 50.6 Å². The Balaban J connectivity index is 0.000000785. The van der Waals surface area contributed by atoms with Crippen LogP contribution in [0.1, 0.15) is 42.6 Å². The minimum Gasteiger partial charge on any atom is -0.493 e. The SMILES string of the molecule is CC(C)C(NC(=O)c1cc(C(F)(F)F)ccc1F)C(=O)N1CCC2(CC1)C(=O)N(C)C(=O)N2c1ccc(OCC2CNC2)cc1.O=C(O)C(F)(F)F. The maximum absolute atomic E-state index is 14.4. The van der Waals surface area contributed by atoms with Crippen LogP contribution in [0.4, 0.5) is 41.2 Å². The summed E-state index contributed by atoms with van der Waals surface area (Å²) in [5.41, 5.74) is -2.75. The highest BCUT2D eigenvalue weighted by atomic mass is 19.4. The molecule has 0 aromatic heterocycles. The second kappa shape index (κ2) is 15.3. The van der Waals surface area contributed by atoms with Gasteiger partial charge in [-0.3, -0.25) is 24.2 Å². The molecule has 3 heterocycles. The van der Waals surface area contributed by atoms with E-state index in [1.807, 2.05) is 0 Å². The van der Waals surface area contributed by atoms with Gasteiger partial charge in [-0.15, -0.1) is 0 Å². The van der Waals surface area contributed by atoms with Gasteiger partial charge >= 0.3 is 24.4 Å². The molecular formula is C33H36F7N5O7. The molecule has 3 saturated heterocycles. The lowest BCUT2D eigenvalue weighted by Gasteiger charge is -2.43. The number of rotatable bonds is 8. The van der Waals surface area contributed by atoms with Crippen LogP contribution in [0.15, 0.2) is 42.5 Å². The third-order valence-electron chi connectivity index (χ3n) is 8.96. The zero-order valence-corrected chi connectivity index (χ0v) is 28.1. The number of carboxylic acids is 1. The molecule has 5 rings (SSSR count). The van der Waals surface area contributed by atoms with Crippen molar-refractivity contribution in [2.75, 3.05) is 44.7 Å². The van der Waals surface area contributed by atoms with Crippen molar-refractivity contribution >= 4 is 35.4 Å². The minimum atomic E-state index is -5.08. The van der Waals surface area contributed by atoms with E-state index in [2.05, 4.69) is 10.6 Å². The summed E-state index contributed by atoms with van der Waals surface area (Å²) in [6.07, 6.45) is -9.65. The largest absolute Gasteiger partial charge is 0.493 e. The third-order valence-corrected chi connectivity index (χ3v) is 8.96. The summed E-state index contributed by atoms with van der Waals surface area (Å²) in [7, 11) is 1.41. The third kappa shape index (κ3) is 8.56. The topological polar surface area (TPSA) is 149 Å². The average molecular weight is 748 g/mol. The van der Waals surface area contributed by atoms with Gasteiger partial charge in [0.25, 0.3) is 11.8 Å². The Morgan fingerprint density at radius 2 is 1.58 bits per heavy atom. The number of anilines is 1. The van der Waals surface area contributed by atoms with Crippen molar-refractivity contribution in [2.24, 2.45) is 11.8 Å². The van der Waals surface area contributed by atoms with Gasteiger partial charge in [0, 0.05) is 44.8 Å². The van der Waals surface area contributed by atoms with Gasteiger partial charge in [-0.2, -0.15) is 26.3 Å². The summed E-state index contributed by atoms with van der Waals surface area (Å²) in [4.78, 5) is 66.1. The van der Waals surface area contributed by atoms with Gasteiger partial charge < -0.3 is 25.4 Å². The number of ether oxygens (including phenoxy) is 1. The summed E-state index contributed by atoms with van der Waals surface area (Å²) in [6.45, 7) is 5.78. The molecule has 52 heavy (non-hydrogen) atoms. The van der Waals surface area contributed by atoms with Gasteiger partial charge in [-0.1, -0.05) is 13.8 Å². The molecule has 2 aromatic carbocycles. The monoisotopic (exact) mass is 747 g/mol. The smallest absolute Gasteiger partial charge is 0.490 e. The van der Waals surface area contributed by atoms with Gasteiger partial charge in [-0.05, 0) is 61.2 Å². The number of hydrogen-bond donors (Lipinski definition) is 3. The number of likely N-dealkylation sites (tertiary alicyclic amines) is 1. The summed E-state index contributed by atoms with van der Waals surface area (Å²) in [5.74, 6) is -5.40. The van der Waals surface area contributed by atoms with Crippen molar-refractivity contribution in [1.82, 2.24) is 20.4 Å². The number of nitrogens with one attached hydrogen (secondary N) is 2. The van der Waals surface area contributed by atoms with Gasteiger partial charge in [0.1, 0.15) is 23.1 Å². The van der Waals surface area contributed by atoms with Crippen LogP contribution in [0.2, 0.25) is 0 Å². The molecule has 2 aromatic rings. The van der Waals surface area contributed by atoms with E-state index in [9.17, 15) is 49.9 Å². The van der Waals surface area contributed by atoms with Crippen LogP contribution in [-0.2, 0) is 20.6 Å². The van der Waals surface area contributed by atoms with E-state index in [0.717, 1.165) is 18.0 Å². The molecule has 3 N–H and O–H groups in total. The molecule has 1 unspecified atom stereocenters. The van der Waals surface area contributed by atoms with Gasteiger partial charge in [-0.25, -0.2) is 14.0 Å². The number of imide groups is 1. The standard InChI is InChI=1S/C31H35F4N5O5.C2HF3O2/c1-18(2)25(37-26(41)23-14-20(31(33,34)35)4-9-24(23)32)27(42)39-12-10-30(11-13-39)28(43)38(3)29(44)40(30)21-5-7-22(8-6-21)45-17-19-15-36-16-19;3-2(4,5)1(6)7/h4-9,14,18-19,25,36H,10-13,15-17H2,1-3H3,(H,37,41);(H,6,7). The molecule has 0 saturated carbocycles.